The topological polar surface area (TPSA) is 220 Å². The van der Waals surface area contributed by atoms with Gasteiger partial charge in [0.15, 0.2) is 0 Å². The molecule has 1 aliphatic rings. The SMILES string of the molecule is C.C.Cc1cnc(Cl)nc1.NC(N)=O.O=C1N=CCC=N1.O=CCC=O.O=CO[O-].[H-].[K+].[K+]. The normalized spacial score (nSPS) is 8.66. The number of aryl methyl sites for hydroxylation is 1. The van der Waals surface area contributed by atoms with Crippen LogP contribution in [0.5, 0.6) is 0 Å². The Hall–Kier alpha value is -0.307. The van der Waals surface area contributed by atoms with Gasteiger partial charge in [0.25, 0.3) is 6.47 Å². The second-order valence-electron chi connectivity index (χ2n) is 3.83. The molecule has 0 saturated heterocycles. The fourth-order valence-corrected chi connectivity index (χ4v) is 0.856. The summed E-state index contributed by atoms with van der Waals surface area (Å²) in [4.78, 5) is 62.9. The number of nitrogens with zero attached hydrogens (tertiary/aromatic N) is 4. The number of aldehydes is 2. The van der Waals surface area contributed by atoms with Crippen LogP contribution in [-0.2, 0) is 19.3 Å². The summed E-state index contributed by atoms with van der Waals surface area (Å²) in [5, 5.41) is 8.73. The number of nitrogens with two attached hydrogens (primary N) is 2. The molecule has 172 valence electrons. The van der Waals surface area contributed by atoms with Gasteiger partial charge < -0.3 is 32.6 Å². The van der Waals surface area contributed by atoms with Crippen LogP contribution in [0.25, 0.3) is 0 Å². The molecule has 1 aromatic rings. The quantitative estimate of drug-likeness (QED) is 0.0953. The van der Waals surface area contributed by atoms with Crippen molar-refractivity contribution in [1.29, 1.82) is 0 Å². The number of halogens is 1. The molecule has 1 aromatic heterocycles. The van der Waals surface area contributed by atoms with Gasteiger partial charge in [-0.3, -0.25) is 4.79 Å². The molecule has 0 unspecified atom stereocenters. The number of hydrogen-bond donors (Lipinski definition) is 2. The van der Waals surface area contributed by atoms with Crippen molar-refractivity contribution >= 4 is 55.1 Å². The molecule has 4 amide bonds. The molecule has 0 saturated carbocycles. The van der Waals surface area contributed by atoms with Crippen molar-refractivity contribution in [3.8, 4) is 0 Å². The van der Waals surface area contributed by atoms with E-state index in [0.29, 0.717) is 24.3 Å². The van der Waals surface area contributed by atoms with Crippen LogP contribution in [0.15, 0.2) is 22.4 Å². The van der Waals surface area contributed by atoms with Gasteiger partial charge in [0.05, 0.1) is 6.42 Å². The van der Waals surface area contributed by atoms with E-state index in [1.807, 2.05) is 6.92 Å². The first-order valence-electron chi connectivity index (χ1n) is 6.92. The summed E-state index contributed by atoms with van der Waals surface area (Å²) in [5.41, 5.74) is 9.52. The summed E-state index contributed by atoms with van der Waals surface area (Å²) >= 11 is 5.39. The van der Waals surface area contributed by atoms with Crippen molar-refractivity contribution in [2.75, 3.05) is 0 Å². The summed E-state index contributed by atoms with van der Waals surface area (Å²) in [6, 6.07) is -1.23. The van der Waals surface area contributed by atoms with Crippen LogP contribution >= 0.6 is 11.6 Å². The van der Waals surface area contributed by atoms with Gasteiger partial charge in [0.1, 0.15) is 12.6 Å². The van der Waals surface area contributed by atoms with Gasteiger partial charge in [-0.25, -0.2) is 29.5 Å². The van der Waals surface area contributed by atoms with Gasteiger partial charge in [0, 0.05) is 31.2 Å². The maximum Gasteiger partial charge on any atom is 1.00 e. The summed E-state index contributed by atoms with van der Waals surface area (Å²) in [7, 11) is 0. The summed E-state index contributed by atoms with van der Waals surface area (Å²) in [6.07, 6.45) is 8.26. The minimum atomic E-state index is -0.833. The molecule has 0 fully saturated rings. The predicted molar refractivity (Wildman–Crippen MR) is 111 cm³/mol. The maximum atomic E-state index is 10.1. The average molecular weight is 529 g/mol. The predicted octanol–water partition coefficient (Wildman–Crippen LogP) is -5.28. The summed E-state index contributed by atoms with van der Waals surface area (Å²) < 4.78 is 0. The first kappa shape index (κ1) is 49.0. The Morgan fingerprint density at radius 3 is 1.62 bits per heavy atom. The molecule has 32 heavy (non-hydrogen) atoms. The largest absolute Gasteiger partial charge is 1.00 e. The van der Waals surface area contributed by atoms with E-state index in [9.17, 15) is 14.4 Å². The minimum Gasteiger partial charge on any atom is -1.00 e. The second kappa shape index (κ2) is 41.0. The Morgan fingerprint density at radius 2 is 1.47 bits per heavy atom. The Bertz CT molecular complexity index is 612. The molecule has 0 spiro atoms. The number of rotatable bonds is 3. The molecule has 0 bridgehead atoms. The van der Waals surface area contributed by atoms with Gasteiger partial charge >= 0.3 is 115 Å². The maximum absolute atomic E-state index is 10.1. The number of carbonyl (C=O) groups is 5. The zero-order valence-electron chi connectivity index (χ0n) is 17.6. The van der Waals surface area contributed by atoms with Crippen molar-refractivity contribution < 1.29 is 138 Å². The van der Waals surface area contributed by atoms with Gasteiger partial charge in [-0.2, -0.15) is 0 Å². The number of hydrogen-bond acceptors (Lipinski definition) is 9. The van der Waals surface area contributed by atoms with E-state index in [-0.39, 0.29) is 132 Å². The number of aromatic nitrogens is 2. The zero-order chi connectivity index (χ0) is 22.2. The number of urea groups is 2. The number of amides is 4. The monoisotopic (exact) mass is 528 g/mol. The van der Waals surface area contributed by atoms with Crippen LogP contribution in [0, 0.1) is 6.92 Å². The first-order chi connectivity index (χ1) is 13.2. The molecule has 0 aromatic carbocycles. The van der Waals surface area contributed by atoms with Gasteiger partial charge in [-0.05, 0) is 24.1 Å². The first-order valence-corrected chi connectivity index (χ1v) is 7.30. The van der Waals surface area contributed by atoms with E-state index in [1.165, 1.54) is 12.4 Å². The fraction of sp³-hybridized carbons (Fsp3) is 0.312. The Morgan fingerprint density at radius 1 is 1.12 bits per heavy atom. The number of aliphatic imine (C=N–C) groups is 2. The van der Waals surface area contributed by atoms with Crippen molar-refractivity contribution in [3.05, 3.63) is 23.2 Å². The fourth-order valence-electron chi connectivity index (χ4n) is 0.758. The Labute approximate surface area is 278 Å². The van der Waals surface area contributed by atoms with E-state index in [4.69, 9.17) is 26.4 Å². The van der Waals surface area contributed by atoms with E-state index >= 15 is 0 Å². The van der Waals surface area contributed by atoms with Crippen molar-refractivity contribution in [1.82, 2.24) is 9.97 Å². The van der Waals surface area contributed by atoms with Crippen LogP contribution in [0.3, 0.4) is 0 Å². The Kier molecular flexibility index (Phi) is 62.7. The molecule has 4 N–H and O–H groups in total. The van der Waals surface area contributed by atoms with Gasteiger partial charge in [-0.1, -0.05) is 14.9 Å². The summed E-state index contributed by atoms with van der Waals surface area (Å²) in [5.74, 6) is 0. The van der Waals surface area contributed by atoms with E-state index < -0.39 is 12.1 Å². The van der Waals surface area contributed by atoms with Crippen LogP contribution in [0.1, 0.15) is 34.7 Å². The molecule has 2 heterocycles. The average Bonchev–Trinajstić information content (AvgIpc) is 2.66. The number of primary amides is 2. The van der Waals surface area contributed by atoms with Crippen molar-refractivity contribution in [2.45, 2.75) is 34.6 Å². The van der Waals surface area contributed by atoms with Crippen LogP contribution in [0.2, 0.25) is 5.28 Å². The molecule has 1 aliphatic heterocycles. The smallest absolute Gasteiger partial charge is 1.00 e. The van der Waals surface area contributed by atoms with E-state index in [2.05, 4.69) is 36.3 Å². The molecule has 2 rings (SSSR count). The summed E-state index contributed by atoms with van der Waals surface area (Å²) in [6.45, 7) is 1.73. The Balaban J connectivity index is -0.0000000391. The molecule has 0 aliphatic carbocycles. The van der Waals surface area contributed by atoms with Crippen molar-refractivity contribution in [3.63, 3.8) is 0 Å². The molecule has 13 nitrogen and oxygen atoms in total. The van der Waals surface area contributed by atoms with E-state index in [0.717, 1.165) is 5.56 Å². The van der Waals surface area contributed by atoms with Crippen LogP contribution in [0.4, 0.5) is 9.59 Å². The molecule has 0 radical (unpaired) electrons. The molecule has 16 heteroatoms. The van der Waals surface area contributed by atoms with Gasteiger partial charge in [-0.15, -0.1) is 0 Å². The van der Waals surface area contributed by atoms with Crippen LogP contribution in [-0.4, -0.2) is 53.5 Å². The molecular weight excluding hydrogens is 502 g/mol. The zero-order valence-corrected chi connectivity index (χ0v) is 23.6. The van der Waals surface area contributed by atoms with E-state index in [1.54, 1.807) is 12.4 Å². The number of carbonyl (C=O) groups excluding carboxylic acids is 5. The standard InChI is InChI=1S/C5H5ClN2.C4H4N2O.C3H4O2.CH4N2O.CH2O3.2CH4.2K.H/c1-4-2-7-5(6)8-3-4;7-4-5-2-1-3-6-4;4-2-1-3-5;2-1(3)4;2-1-4-3;;;;;/h2-3H,1H3;2-3H,1H2;2-3H,1H2;(H4,2,3,4);1,3H;2*1H4;;;/q;;;;;;;2*+1;-1/p-1. The van der Waals surface area contributed by atoms with Gasteiger partial charge in [0.2, 0.25) is 5.28 Å². The second-order valence-corrected chi connectivity index (χ2v) is 4.17. The molecule has 0 atom stereocenters. The molecular formula is C16H27ClK2N6O7. The van der Waals surface area contributed by atoms with Crippen LogP contribution < -0.4 is 119 Å². The van der Waals surface area contributed by atoms with Crippen molar-refractivity contribution in [2.24, 2.45) is 21.5 Å². The third-order valence-electron chi connectivity index (χ3n) is 1.60. The minimum absolute atomic E-state index is 0. The third kappa shape index (κ3) is 57.1. The third-order valence-corrected chi connectivity index (χ3v) is 1.79.